The van der Waals surface area contributed by atoms with Gasteiger partial charge < -0.3 is 14.4 Å². The molecule has 3 fully saturated rings. The number of likely N-dealkylation sites (tertiary alicyclic amines) is 1. The average molecular weight is 539 g/mol. The standard InChI is InChI=1S/C30H33F3N4O2/c31-23-4-3-7-25(20-23)37-26-9-8-21(28(38)36-16-14-34(15-17-36)24-5-1-2-6-24)18-22(26)19-27(37)29(39)35-12-10-30(32,33)11-13-35/h3-4,7-9,18-20,24H,1-2,5-6,10-17H2. The van der Waals surface area contributed by atoms with Gasteiger partial charge in [-0.2, -0.15) is 0 Å². The van der Waals surface area contributed by atoms with Gasteiger partial charge in [0.15, 0.2) is 0 Å². The van der Waals surface area contributed by atoms with E-state index in [1.807, 2.05) is 4.90 Å². The molecule has 2 aliphatic heterocycles. The Balaban J connectivity index is 1.29. The number of rotatable bonds is 4. The highest BCUT2D eigenvalue weighted by Crippen LogP contribution is 2.32. The van der Waals surface area contributed by atoms with Gasteiger partial charge in [-0.25, -0.2) is 13.2 Å². The number of hydrogen-bond acceptors (Lipinski definition) is 3. The van der Waals surface area contributed by atoms with Gasteiger partial charge in [0.1, 0.15) is 11.5 Å². The van der Waals surface area contributed by atoms with Gasteiger partial charge in [0, 0.05) is 74.8 Å². The van der Waals surface area contributed by atoms with Gasteiger partial charge in [0.25, 0.3) is 17.7 Å². The number of benzene rings is 2. The quantitative estimate of drug-likeness (QED) is 0.451. The maximum absolute atomic E-state index is 14.2. The number of piperazine rings is 1. The van der Waals surface area contributed by atoms with Crippen LogP contribution in [0, 0.1) is 5.82 Å². The zero-order valence-electron chi connectivity index (χ0n) is 21.9. The Bertz CT molecular complexity index is 1380. The highest BCUT2D eigenvalue weighted by atomic mass is 19.3. The zero-order chi connectivity index (χ0) is 27.1. The fraction of sp³-hybridized carbons (Fsp3) is 0.467. The molecular formula is C30H33F3N4O2. The molecule has 1 aromatic heterocycles. The molecular weight excluding hydrogens is 505 g/mol. The number of fused-ring (bicyclic) bond motifs is 1. The van der Waals surface area contributed by atoms with E-state index in [0.717, 1.165) is 13.1 Å². The van der Waals surface area contributed by atoms with Crippen molar-refractivity contribution >= 4 is 22.7 Å². The number of halogens is 3. The summed E-state index contributed by atoms with van der Waals surface area (Å²) in [5.41, 5.74) is 1.90. The van der Waals surface area contributed by atoms with E-state index in [0.29, 0.717) is 41.3 Å². The summed E-state index contributed by atoms with van der Waals surface area (Å²) in [4.78, 5) is 32.8. The second kappa shape index (κ2) is 10.3. The Morgan fingerprint density at radius 3 is 2.18 bits per heavy atom. The maximum Gasteiger partial charge on any atom is 0.270 e. The minimum absolute atomic E-state index is 0.0485. The first kappa shape index (κ1) is 25.9. The molecule has 2 amide bonds. The molecule has 206 valence electrons. The smallest absolute Gasteiger partial charge is 0.270 e. The summed E-state index contributed by atoms with van der Waals surface area (Å²) in [5.74, 6) is -3.66. The Kier molecular flexibility index (Phi) is 6.87. The summed E-state index contributed by atoms with van der Waals surface area (Å²) in [7, 11) is 0. The van der Waals surface area contributed by atoms with Crippen molar-refractivity contribution in [1.82, 2.24) is 19.3 Å². The third-order valence-electron chi connectivity index (χ3n) is 8.56. The number of amides is 2. The van der Waals surface area contributed by atoms with E-state index in [1.54, 1.807) is 41.0 Å². The Morgan fingerprint density at radius 2 is 1.49 bits per heavy atom. The van der Waals surface area contributed by atoms with Crippen molar-refractivity contribution in [3.05, 3.63) is 65.6 Å². The highest BCUT2D eigenvalue weighted by Gasteiger charge is 2.37. The molecule has 3 aliphatic rings. The summed E-state index contributed by atoms with van der Waals surface area (Å²) >= 11 is 0. The average Bonchev–Trinajstić information content (AvgIpc) is 3.61. The van der Waals surface area contributed by atoms with Crippen LogP contribution in [0.5, 0.6) is 0 Å². The van der Waals surface area contributed by atoms with E-state index in [4.69, 9.17) is 0 Å². The van der Waals surface area contributed by atoms with Crippen molar-refractivity contribution in [1.29, 1.82) is 0 Å². The molecule has 6 nitrogen and oxygen atoms in total. The van der Waals surface area contributed by atoms with E-state index in [2.05, 4.69) is 4.90 Å². The van der Waals surface area contributed by atoms with Crippen LogP contribution < -0.4 is 0 Å². The molecule has 0 radical (unpaired) electrons. The Hall–Kier alpha value is -3.33. The highest BCUT2D eigenvalue weighted by molar-refractivity contribution is 6.03. The number of piperidine rings is 1. The maximum atomic E-state index is 14.2. The minimum atomic E-state index is -2.77. The Labute approximate surface area is 226 Å². The first-order valence-electron chi connectivity index (χ1n) is 13.9. The molecule has 39 heavy (non-hydrogen) atoms. The molecule has 2 aromatic carbocycles. The number of nitrogens with zero attached hydrogens (tertiary/aromatic N) is 4. The van der Waals surface area contributed by atoms with E-state index in [9.17, 15) is 22.8 Å². The normalized spacial score (nSPS) is 20.6. The van der Waals surface area contributed by atoms with E-state index < -0.39 is 11.7 Å². The molecule has 0 spiro atoms. The third-order valence-corrected chi connectivity index (χ3v) is 8.56. The van der Waals surface area contributed by atoms with E-state index >= 15 is 0 Å². The van der Waals surface area contributed by atoms with Crippen LogP contribution in [-0.4, -0.2) is 82.3 Å². The molecule has 0 atom stereocenters. The van der Waals surface area contributed by atoms with E-state index in [1.165, 1.54) is 42.7 Å². The van der Waals surface area contributed by atoms with E-state index in [-0.39, 0.29) is 43.4 Å². The van der Waals surface area contributed by atoms with Crippen molar-refractivity contribution in [3.63, 3.8) is 0 Å². The predicted octanol–water partition coefficient (Wildman–Crippen LogP) is 5.34. The minimum Gasteiger partial charge on any atom is -0.337 e. The number of carbonyl (C=O) groups is 2. The fourth-order valence-electron chi connectivity index (χ4n) is 6.34. The van der Waals surface area contributed by atoms with Crippen LogP contribution in [0.3, 0.4) is 0 Å². The van der Waals surface area contributed by atoms with Gasteiger partial charge in [-0.15, -0.1) is 0 Å². The Morgan fingerprint density at radius 1 is 0.795 bits per heavy atom. The SMILES string of the molecule is O=C(c1ccc2c(c1)cc(C(=O)N1CCC(F)(F)CC1)n2-c1cccc(F)c1)N1CCN(C2CCCC2)CC1. The molecule has 6 rings (SSSR count). The van der Waals surface area contributed by atoms with Crippen LogP contribution in [0.25, 0.3) is 16.6 Å². The lowest BCUT2D eigenvalue weighted by molar-refractivity contribution is -0.0495. The van der Waals surface area contributed by atoms with Gasteiger partial charge in [-0.1, -0.05) is 18.9 Å². The van der Waals surface area contributed by atoms with Crippen molar-refractivity contribution in [2.75, 3.05) is 39.3 Å². The first-order chi connectivity index (χ1) is 18.8. The van der Waals surface area contributed by atoms with Gasteiger partial charge in [-0.3, -0.25) is 14.5 Å². The van der Waals surface area contributed by atoms with Crippen molar-refractivity contribution in [2.24, 2.45) is 0 Å². The van der Waals surface area contributed by atoms with Gasteiger partial charge >= 0.3 is 0 Å². The summed E-state index contributed by atoms with van der Waals surface area (Å²) in [6, 6.07) is 13.6. The number of carbonyl (C=O) groups excluding carboxylic acids is 2. The third kappa shape index (κ3) is 5.16. The van der Waals surface area contributed by atoms with Crippen molar-refractivity contribution in [2.45, 2.75) is 50.5 Å². The van der Waals surface area contributed by atoms with Crippen LogP contribution in [0.4, 0.5) is 13.2 Å². The summed E-state index contributed by atoms with van der Waals surface area (Å²) in [6.45, 7) is 3.02. The number of hydrogen-bond donors (Lipinski definition) is 0. The lowest BCUT2D eigenvalue weighted by Gasteiger charge is -2.38. The molecule has 0 N–H and O–H groups in total. The zero-order valence-corrected chi connectivity index (χ0v) is 21.9. The second-order valence-corrected chi connectivity index (χ2v) is 11.0. The van der Waals surface area contributed by atoms with Crippen molar-refractivity contribution in [3.8, 4) is 5.69 Å². The van der Waals surface area contributed by atoms with Crippen molar-refractivity contribution < 1.29 is 22.8 Å². The first-order valence-corrected chi connectivity index (χ1v) is 13.9. The molecule has 3 aromatic rings. The molecule has 1 saturated carbocycles. The van der Waals surface area contributed by atoms with Gasteiger partial charge in [-0.05, 0) is 55.3 Å². The fourth-order valence-corrected chi connectivity index (χ4v) is 6.34. The topological polar surface area (TPSA) is 48.8 Å². The molecule has 9 heteroatoms. The van der Waals surface area contributed by atoms with Gasteiger partial charge in [0.2, 0.25) is 0 Å². The van der Waals surface area contributed by atoms with Gasteiger partial charge in [0.05, 0.1) is 5.52 Å². The van der Waals surface area contributed by atoms with Crippen LogP contribution in [0.15, 0.2) is 48.5 Å². The molecule has 0 bridgehead atoms. The molecule has 2 saturated heterocycles. The summed E-state index contributed by atoms with van der Waals surface area (Å²) < 4.78 is 43.3. The lowest BCUT2D eigenvalue weighted by Crippen LogP contribution is -2.51. The molecule has 1 aliphatic carbocycles. The molecule has 3 heterocycles. The van der Waals surface area contributed by atoms with Crippen LogP contribution >= 0.6 is 0 Å². The largest absolute Gasteiger partial charge is 0.337 e. The van der Waals surface area contributed by atoms with Crippen LogP contribution in [-0.2, 0) is 0 Å². The number of alkyl halides is 2. The second-order valence-electron chi connectivity index (χ2n) is 11.0. The summed E-state index contributed by atoms with van der Waals surface area (Å²) in [5, 5.41) is 0.667. The summed E-state index contributed by atoms with van der Waals surface area (Å²) in [6.07, 6.45) is 4.29. The number of aromatic nitrogens is 1. The molecule has 0 unspecified atom stereocenters. The lowest BCUT2D eigenvalue weighted by atomic mass is 10.1. The predicted molar refractivity (Wildman–Crippen MR) is 143 cm³/mol. The van der Waals surface area contributed by atoms with Crippen LogP contribution in [0.1, 0.15) is 59.4 Å². The van der Waals surface area contributed by atoms with Crippen LogP contribution in [0.2, 0.25) is 0 Å². The monoisotopic (exact) mass is 538 g/mol.